The number of benzene rings is 4. The number of fused-ring (bicyclic) bond motifs is 2. The van der Waals surface area contributed by atoms with Gasteiger partial charge in [-0.15, -0.1) is 5.11 Å². The molecule has 0 bridgehead atoms. The first-order valence-electron chi connectivity index (χ1n) is 10.7. The van der Waals surface area contributed by atoms with E-state index in [1.165, 1.54) is 18.2 Å². The summed E-state index contributed by atoms with van der Waals surface area (Å²) in [6, 6.07) is 21.9. The van der Waals surface area contributed by atoms with E-state index in [4.69, 9.17) is 28.7 Å². The smallest absolute Gasteiger partial charge is 0.374 e. The van der Waals surface area contributed by atoms with Gasteiger partial charge in [0.05, 0.1) is 22.4 Å². The Morgan fingerprint density at radius 1 is 0.861 bits per heavy atom. The first-order chi connectivity index (χ1) is 17.4. The quantitative estimate of drug-likeness (QED) is 0.252. The Balaban J connectivity index is 1.60. The molecule has 0 spiro atoms. The highest BCUT2D eigenvalue weighted by atomic mass is 16.4. The highest BCUT2D eigenvalue weighted by Crippen LogP contribution is 2.41. The molecule has 3 amide bonds. The molecule has 0 saturated heterocycles. The molecule has 8 nitrogen and oxygen atoms in total. The molecule has 166 valence electrons. The predicted molar refractivity (Wildman–Crippen MR) is 136 cm³/mol. The van der Waals surface area contributed by atoms with E-state index in [1.807, 2.05) is 24.3 Å². The number of rotatable bonds is 5. The third-order valence-electron chi connectivity index (χ3n) is 5.74. The van der Waals surface area contributed by atoms with Crippen molar-refractivity contribution < 1.29 is 19.0 Å². The van der Waals surface area contributed by atoms with Crippen LogP contribution in [0.3, 0.4) is 0 Å². The van der Waals surface area contributed by atoms with Crippen LogP contribution in [0.2, 0.25) is 0 Å². The van der Waals surface area contributed by atoms with Crippen molar-refractivity contribution in [1.82, 2.24) is 4.81 Å². The van der Waals surface area contributed by atoms with Crippen LogP contribution >= 0.6 is 0 Å². The number of carbonyl (C=O) groups excluding carboxylic acids is 3. The zero-order chi connectivity index (χ0) is 25.4. The lowest BCUT2D eigenvalue weighted by molar-refractivity contribution is 0.0765. The monoisotopic (exact) mass is 466 g/mol. The Bertz CT molecular complexity index is 1580. The largest absolute Gasteiger partial charge is 0.566 e. The van der Waals surface area contributed by atoms with E-state index >= 15 is 0 Å². The van der Waals surface area contributed by atoms with E-state index in [0.29, 0.717) is 21.3 Å². The van der Waals surface area contributed by atoms with Gasteiger partial charge in [0.2, 0.25) is 33.7 Å². The van der Waals surface area contributed by atoms with E-state index in [0.717, 1.165) is 4.81 Å². The highest BCUT2D eigenvalue weighted by molar-refractivity contribution is 6.38. The van der Waals surface area contributed by atoms with Crippen LogP contribution in [0.4, 0.5) is 17.1 Å². The molecule has 4 aromatic carbocycles. The molecular weight excluding hydrogens is 453 g/mol. The number of hydrogen-bond acceptors (Lipinski definition) is 6. The number of anilines is 1. The van der Waals surface area contributed by atoms with Gasteiger partial charge in [-0.3, -0.25) is 14.4 Å². The maximum absolute atomic E-state index is 13.5. The third kappa shape index (κ3) is 3.84. The number of amides is 3. The normalized spacial score (nSPS) is 12.8. The number of azo groups is 1. The second kappa shape index (κ2) is 9.18. The molecule has 0 aliphatic carbocycles. The van der Waals surface area contributed by atoms with Crippen molar-refractivity contribution in [2.45, 2.75) is 0 Å². The van der Waals surface area contributed by atoms with Gasteiger partial charge < -0.3 is 14.3 Å². The summed E-state index contributed by atoms with van der Waals surface area (Å²) in [7, 11) is 17.2. The minimum absolute atomic E-state index is 0.0177. The molecule has 36 heavy (non-hydrogen) atoms. The van der Waals surface area contributed by atoms with Gasteiger partial charge in [0.25, 0.3) is 0 Å². The maximum atomic E-state index is 13.5. The fourth-order valence-electron chi connectivity index (χ4n) is 3.93. The van der Waals surface area contributed by atoms with Crippen molar-refractivity contribution in [3.8, 4) is 5.75 Å². The lowest BCUT2D eigenvalue weighted by Gasteiger charge is -2.21. The Morgan fingerprint density at radius 3 is 2.31 bits per heavy atom. The summed E-state index contributed by atoms with van der Waals surface area (Å²) in [4.78, 5) is 39.2. The zero-order valence-electron chi connectivity index (χ0n) is 18.7. The van der Waals surface area contributed by atoms with Crippen molar-refractivity contribution in [3.63, 3.8) is 0 Å². The molecule has 1 aliphatic rings. The number of hydrogen-bond donors (Lipinski definition) is 0. The van der Waals surface area contributed by atoms with E-state index in [9.17, 15) is 14.4 Å². The Morgan fingerprint density at radius 2 is 1.56 bits per heavy atom. The van der Waals surface area contributed by atoms with Gasteiger partial charge in [0, 0.05) is 11.1 Å². The summed E-state index contributed by atoms with van der Waals surface area (Å²) in [5, 5.41) is 9.91. The number of carbonyl (C=O) groups is 3. The van der Waals surface area contributed by atoms with Crippen LogP contribution in [0.25, 0.3) is 10.8 Å². The van der Waals surface area contributed by atoms with Crippen LogP contribution < -0.4 is 9.47 Å². The molecule has 0 aromatic heterocycles. The second-order valence-electron chi connectivity index (χ2n) is 7.86. The summed E-state index contributed by atoms with van der Waals surface area (Å²) < 4.78 is 5.12. The molecule has 0 fully saturated rings. The van der Waals surface area contributed by atoms with Gasteiger partial charge in [-0.25, -0.2) is 0 Å². The molecule has 6 radical (unpaired) electrons. The van der Waals surface area contributed by atoms with Crippen molar-refractivity contribution in [2.24, 2.45) is 10.2 Å². The average molecular weight is 466 g/mol. The fourth-order valence-corrected chi connectivity index (χ4v) is 3.93. The standard InChI is InChI=1S/C25H13B3N4O4/c26-31(16-10-11-18-19(13-16)24(34)32(27)23(18)33)25(35)20-12-14-6-4-5-9-17(14)21(22(20)36-28)30-29-15-7-2-1-3-8-15/h1-13H. The van der Waals surface area contributed by atoms with Crippen LogP contribution in [-0.2, 0) is 0 Å². The van der Waals surface area contributed by atoms with Crippen molar-refractivity contribution >= 4 is 69.6 Å². The number of nitrogens with zero attached hydrogens (tertiary/aromatic N) is 4. The summed E-state index contributed by atoms with van der Waals surface area (Å²) in [6.45, 7) is 0. The first kappa shape index (κ1) is 23.1. The molecule has 0 atom stereocenters. The topological polar surface area (TPSA) is 91.6 Å². The minimum Gasteiger partial charge on any atom is -0.566 e. The third-order valence-corrected chi connectivity index (χ3v) is 5.74. The summed E-state index contributed by atoms with van der Waals surface area (Å²) in [6.07, 6.45) is 0. The van der Waals surface area contributed by atoms with Crippen molar-refractivity contribution in [1.29, 1.82) is 0 Å². The predicted octanol–water partition coefficient (Wildman–Crippen LogP) is 4.13. The molecular formula is C25H13B3N4O4. The van der Waals surface area contributed by atoms with Gasteiger partial charge in [-0.2, -0.15) is 5.11 Å². The molecule has 1 aliphatic heterocycles. The van der Waals surface area contributed by atoms with Gasteiger partial charge in [0.1, 0.15) is 11.4 Å². The van der Waals surface area contributed by atoms with Gasteiger partial charge in [-0.05, 0) is 41.8 Å². The summed E-state index contributed by atoms with van der Waals surface area (Å²) in [5.74, 6) is -2.07. The molecule has 0 unspecified atom stereocenters. The fraction of sp³-hybridized carbons (Fsp3) is 0. The molecule has 0 saturated carbocycles. The van der Waals surface area contributed by atoms with E-state index in [1.54, 1.807) is 36.4 Å². The minimum atomic E-state index is -0.696. The Hall–Kier alpha value is -4.66. The van der Waals surface area contributed by atoms with Crippen LogP contribution in [0.1, 0.15) is 31.1 Å². The number of imide groups is 1. The van der Waals surface area contributed by atoms with E-state index in [2.05, 4.69) is 10.2 Å². The first-order valence-corrected chi connectivity index (χ1v) is 10.7. The lowest BCUT2D eigenvalue weighted by Crippen LogP contribution is -2.28. The van der Waals surface area contributed by atoms with Crippen molar-refractivity contribution in [2.75, 3.05) is 4.81 Å². The van der Waals surface area contributed by atoms with Crippen LogP contribution in [0.15, 0.2) is 89.1 Å². The van der Waals surface area contributed by atoms with Gasteiger partial charge in [0.15, 0.2) is 0 Å². The zero-order valence-corrected chi connectivity index (χ0v) is 18.7. The van der Waals surface area contributed by atoms with E-state index < -0.39 is 17.7 Å². The summed E-state index contributed by atoms with van der Waals surface area (Å²) >= 11 is 0. The van der Waals surface area contributed by atoms with Crippen molar-refractivity contribution in [3.05, 3.63) is 95.6 Å². The van der Waals surface area contributed by atoms with Crippen LogP contribution in [0, 0.1) is 0 Å². The summed E-state index contributed by atoms with van der Waals surface area (Å²) in [5.41, 5.74) is 1.16. The SMILES string of the molecule is [B]Oc1c(C(=O)N([B])c2ccc3c(c2)C(=O)N([B])C3=O)cc2ccccc2c1N=Nc1ccccc1. The lowest BCUT2D eigenvalue weighted by atomic mass is 10.0. The average Bonchev–Trinajstić information content (AvgIpc) is 3.14. The van der Waals surface area contributed by atoms with Crippen LogP contribution in [-0.4, -0.2) is 46.5 Å². The van der Waals surface area contributed by atoms with E-state index in [-0.39, 0.29) is 33.8 Å². The Kier molecular flexibility index (Phi) is 5.89. The molecule has 4 aromatic rings. The Labute approximate surface area is 209 Å². The molecule has 0 N–H and O–H groups in total. The molecule has 1 heterocycles. The molecule has 5 rings (SSSR count). The maximum Gasteiger partial charge on any atom is 0.374 e. The molecule has 11 heteroatoms. The second-order valence-corrected chi connectivity index (χ2v) is 7.86. The highest BCUT2D eigenvalue weighted by Gasteiger charge is 2.33. The van der Waals surface area contributed by atoms with Gasteiger partial charge in [-0.1, -0.05) is 42.5 Å². The van der Waals surface area contributed by atoms with Gasteiger partial charge >= 0.3 is 8.05 Å². The van der Waals surface area contributed by atoms with Crippen LogP contribution in [0.5, 0.6) is 5.75 Å².